The van der Waals surface area contributed by atoms with Gasteiger partial charge >= 0.3 is 5.97 Å². The largest absolute Gasteiger partial charge is 0.479 e. The number of nitrogens with one attached hydrogen (secondary N) is 1. The lowest BCUT2D eigenvalue weighted by Gasteiger charge is -2.18. The Hall–Kier alpha value is -1.14. The lowest BCUT2D eigenvalue weighted by Crippen LogP contribution is -2.46. The summed E-state index contributed by atoms with van der Waals surface area (Å²) in [5, 5.41) is 20.2. The smallest absolute Gasteiger partial charge is 0.337 e. The third-order valence-electron chi connectivity index (χ3n) is 1.87. The van der Waals surface area contributed by atoms with Crippen LogP contribution in [0.3, 0.4) is 0 Å². The average molecular weight is 233 g/mol. The molecule has 1 atom stereocenters. The maximum absolute atomic E-state index is 11.2. The van der Waals surface area contributed by atoms with Gasteiger partial charge in [0.15, 0.2) is 5.60 Å². The Labute approximate surface area is 94.6 Å². The summed E-state index contributed by atoms with van der Waals surface area (Å²) in [6.45, 7) is 4.79. The Morgan fingerprint density at radius 3 is 2.44 bits per heavy atom. The first-order valence-corrected chi connectivity index (χ1v) is 5.10. The molecule has 6 nitrogen and oxygen atoms in total. The topological polar surface area (TPSA) is 95.9 Å². The van der Waals surface area contributed by atoms with Crippen molar-refractivity contribution >= 4 is 11.9 Å². The Balaban J connectivity index is 3.77. The number of hydrogen-bond donors (Lipinski definition) is 3. The molecule has 0 aromatic carbocycles. The molecular weight excluding hydrogens is 214 g/mol. The Morgan fingerprint density at radius 2 is 2.00 bits per heavy atom. The maximum atomic E-state index is 11.2. The molecule has 0 aliphatic rings. The average Bonchev–Trinajstić information content (AvgIpc) is 2.14. The number of rotatable bonds is 7. The summed E-state index contributed by atoms with van der Waals surface area (Å²) in [6, 6.07) is 0. The minimum Gasteiger partial charge on any atom is -0.479 e. The molecule has 0 saturated carbocycles. The van der Waals surface area contributed by atoms with E-state index in [1.807, 2.05) is 13.8 Å². The molecule has 94 valence electrons. The van der Waals surface area contributed by atoms with Gasteiger partial charge in [-0.15, -0.1) is 0 Å². The van der Waals surface area contributed by atoms with E-state index >= 15 is 0 Å². The number of carboxylic acids is 1. The van der Waals surface area contributed by atoms with E-state index in [-0.39, 0.29) is 31.6 Å². The molecule has 3 N–H and O–H groups in total. The first-order chi connectivity index (χ1) is 7.25. The highest BCUT2D eigenvalue weighted by Gasteiger charge is 2.30. The molecule has 0 spiro atoms. The molecule has 1 unspecified atom stereocenters. The Kier molecular flexibility index (Phi) is 5.98. The number of hydrogen-bond acceptors (Lipinski definition) is 4. The van der Waals surface area contributed by atoms with Crippen LogP contribution in [-0.2, 0) is 14.3 Å². The molecule has 0 fully saturated rings. The third-order valence-corrected chi connectivity index (χ3v) is 1.87. The fraction of sp³-hybridized carbons (Fsp3) is 0.800. The number of ether oxygens (including phenoxy) is 1. The Morgan fingerprint density at radius 1 is 1.44 bits per heavy atom. The van der Waals surface area contributed by atoms with Crippen LogP contribution in [-0.4, -0.2) is 46.9 Å². The van der Waals surface area contributed by atoms with E-state index in [9.17, 15) is 14.7 Å². The second-order valence-corrected chi connectivity index (χ2v) is 4.03. The molecule has 0 aliphatic heterocycles. The summed E-state index contributed by atoms with van der Waals surface area (Å²) < 4.78 is 5.15. The van der Waals surface area contributed by atoms with Crippen LogP contribution in [0.4, 0.5) is 0 Å². The lowest BCUT2D eigenvalue weighted by atomic mass is 10.1. The third kappa shape index (κ3) is 6.36. The van der Waals surface area contributed by atoms with Gasteiger partial charge in [-0.05, 0) is 20.8 Å². The van der Waals surface area contributed by atoms with Crippen LogP contribution in [0.25, 0.3) is 0 Å². The second kappa shape index (κ2) is 6.44. The summed E-state index contributed by atoms with van der Waals surface area (Å²) >= 11 is 0. The molecular formula is C10H19NO5. The zero-order chi connectivity index (χ0) is 12.8. The lowest BCUT2D eigenvalue weighted by molar-refractivity contribution is -0.156. The molecule has 1 amide bonds. The summed E-state index contributed by atoms with van der Waals surface area (Å²) in [6.07, 6.45) is 0.198. The van der Waals surface area contributed by atoms with Crippen molar-refractivity contribution in [1.29, 1.82) is 0 Å². The van der Waals surface area contributed by atoms with Crippen molar-refractivity contribution in [1.82, 2.24) is 5.32 Å². The van der Waals surface area contributed by atoms with Crippen LogP contribution >= 0.6 is 0 Å². The number of carbonyl (C=O) groups excluding carboxylic acids is 1. The van der Waals surface area contributed by atoms with E-state index in [1.54, 1.807) is 0 Å². The van der Waals surface area contributed by atoms with Crippen LogP contribution in [0.2, 0.25) is 0 Å². The standard InChI is InChI=1S/C10H19NO5/c1-7(2)16-5-4-8(12)11-6-10(3,15)9(13)14/h7,15H,4-6H2,1-3H3,(H,11,12)(H,13,14). The van der Waals surface area contributed by atoms with E-state index in [0.29, 0.717) is 0 Å². The molecule has 16 heavy (non-hydrogen) atoms. The molecule has 0 radical (unpaired) electrons. The minimum absolute atomic E-state index is 0.0509. The molecule has 0 rings (SSSR count). The van der Waals surface area contributed by atoms with Gasteiger partial charge in [0.25, 0.3) is 0 Å². The van der Waals surface area contributed by atoms with Gasteiger partial charge < -0.3 is 20.3 Å². The molecule has 6 heteroatoms. The van der Waals surface area contributed by atoms with Crippen LogP contribution in [0.5, 0.6) is 0 Å². The number of carbonyl (C=O) groups is 2. The number of amides is 1. The second-order valence-electron chi connectivity index (χ2n) is 4.03. The van der Waals surface area contributed by atoms with Gasteiger partial charge in [-0.3, -0.25) is 4.79 Å². The molecule has 0 aromatic heterocycles. The van der Waals surface area contributed by atoms with Crippen LogP contribution < -0.4 is 5.32 Å². The minimum atomic E-state index is -1.94. The van der Waals surface area contributed by atoms with Gasteiger partial charge in [0.1, 0.15) is 0 Å². The van der Waals surface area contributed by atoms with Crippen LogP contribution in [0.15, 0.2) is 0 Å². The summed E-state index contributed by atoms with van der Waals surface area (Å²) in [7, 11) is 0. The van der Waals surface area contributed by atoms with Gasteiger partial charge in [-0.2, -0.15) is 0 Å². The first-order valence-electron chi connectivity index (χ1n) is 5.10. The van der Waals surface area contributed by atoms with Crippen molar-refractivity contribution in [3.63, 3.8) is 0 Å². The number of aliphatic carboxylic acids is 1. The van der Waals surface area contributed by atoms with Crippen molar-refractivity contribution in [3.05, 3.63) is 0 Å². The predicted octanol–water partition coefficient (Wildman–Crippen LogP) is -0.247. The first kappa shape index (κ1) is 14.9. The Bertz CT molecular complexity index is 250. The fourth-order valence-corrected chi connectivity index (χ4v) is 0.822. The van der Waals surface area contributed by atoms with Gasteiger partial charge in [0.2, 0.25) is 5.91 Å². The zero-order valence-electron chi connectivity index (χ0n) is 9.82. The van der Waals surface area contributed by atoms with Crippen molar-refractivity contribution in [2.24, 2.45) is 0 Å². The van der Waals surface area contributed by atoms with E-state index < -0.39 is 11.6 Å². The summed E-state index contributed by atoms with van der Waals surface area (Å²) in [4.78, 5) is 21.7. The van der Waals surface area contributed by atoms with Gasteiger partial charge in [0, 0.05) is 6.42 Å². The van der Waals surface area contributed by atoms with Crippen molar-refractivity contribution in [2.45, 2.75) is 38.9 Å². The van der Waals surface area contributed by atoms with E-state index in [2.05, 4.69) is 5.32 Å². The van der Waals surface area contributed by atoms with Crippen molar-refractivity contribution in [2.75, 3.05) is 13.2 Å². The maximum Gasteiger partial charge on any atom is 0.337 e. The molecule has 0 bridgehead atoms. The number of carboxylic acid groups (broad SMARTS) is 1. The van der Waals surface area contributed by atoms with Gasteiger partial charge in [-0.25, -0.2) is 4.79 Å². The highest BCUT2D eigenvalue weighted by molar-refractivity contribution is 5.80. The molecule has 0 saturated heterocycles. The summed E-state index contributed by atoms with van der Waals surface area (Å²) in [5.74, 6) is -1.71. The van der Waals surface area contributed by atoms with E-state index in [0.717, 1.165) is 6.92 Å². The van der Waals surface area contributed by atoms with Crippen LogP contribution in [0, 0.1) is 0 Å². The highest BCUT2D eigenvalue weighted by Crippen LogP contribution is 2.01. The van der Waals surface area contributed by atoms with Crippen molar-refractivity contribution < 1.29 is 24.5 Å². The van der Waals surface area contributed by atoms with E-state index in [4.69, 9.17) is 9.84 Å². The monoisotopic (exact) mass is 233 g/mol. The normalized spacial score (nSPS) is 14.6. The fourth-order valence-electron chi connectivity index (χ4n) is 0.822. The molecule has 0 aromatic rings. The quantitative estimate of drug-likeness (QED) is 0.563. The van der Waals surface area contributed by atoms with Gasteiger partial charge in [-0.1, -0.05) is 0 Å². The molecule has 0 heterocycles. The summed E-state index contributed by atoms with van der Waals surface area (Å²) in [5.41, 5.74) is -1.94. The zero-order valence-corrected chi connectivity index (χ0v) is 9.82. The predicted molar refractivity (Wildman–Crippen MR) is 57.0 cm³/mol. The number of aliphatic hydroxyl groups is 1. The molecule has 0 aliphatic carbocycles. The van der Waals surface area contributed by atoms with Gasteiger partial charge in [0.05, 0.1) is 19.3 Å². The van der Waals surface area contributed by atoms with Crippen molar-refractivity contribution in [3.8, 4) is 0 Å². The van der Waals surface area contributed by atoms with Crippen LogP contribution in [0.1, 0.15) is 27.2 Å². The van der Waals surface area contributed by atoms with E-state index in [1.165, 1.54) is 0 Å². The highest BCUT2D eigenvalue weighted by atomic mass is 16.5. The SMILES string of the molecule is CC(C)OCCC(=O)NCC(C)(O)C(=O)O.